The molecule has 2 rings (SSSR count). The van der Waals surface area contributed by atoms with Crippen molar-refractivity contribution >= 4 is 0 Å². The molecule has 0 bridgehead atoms. The van der Waals surface area contributed by atoms with Gasteiger partial charge in [-0.25, -0.2) is 0 Å². The summed E-state index contributed by atoms with van der Waals surface area (Å²) in [6, 6.07) is 0. The van der Waals surface area contributed by atoms with Gasteiger partial charge in [-0.2, -0.15) is 0 Å². The molecule has 2 fully saturated rings. The molecular formula is C11H20O. The lowest BCUT2D eigenvalue weighted by Crippen LogP contribution is -2.36. The van der Waals surface area contributed by atoms with E-state index < -0.39 is 0 Å². The van der Waals surface area contributed by atoms with Crippen molar-refractivity contribution in [2.75, 3.05) is 0 Å². The molecule has 0 aromatic rings. The van der Waals surface area contributed by atoms with Crippen molar-refractivity contribution in [2.24, 2.45) is 23.7 Å². The van der Waals surface area contributed by atoms with Crippen LogP contribution < -0.4 is 0 Å². The van der Waals surface area contributed by atoms with Gasteiger partial charge >= 0.3 is 0 Å². The second-order valence-corrected chi connectivity index (χ2v) is 4.92. The number of aliphatic hydroxyl groups is 1. The number of hydrogen-bond acceptors (Lipinski definition) is 1. The first-order chi connectivity index (χ1) is 5.70. The highest BCUT2D eigenvalue weighted by molar-refractivity contribution is 4.93. The van der Waals surface area contributed by atoms with E-state index in [4.69, 9.17) is 0 Å². The minimum absolute atomic E-state index is 0.0173. The lowest BCUT2D eigenvalue weighted by atomic mass is 9.71. The van der Waals surface area contributed by atoms with Crippen LogP contribution in [0.25, 0.3) is 0 Å². The fourth-order valence-electron chi connectivity index (χ4n) is 3.43. The molecule has 12 heavy (non-hydrogen) atoms. The molecule has 0 radical (unpaired) electrons. The van der Waals surface area contributed by atoms with E-state index in [-0.39, 0.29) is 6.10 Å². The summed E-state index contributed by atoms with van der Waals surface area (Å²) < 4.78 is 0. The molecule has 0 saturated heterocycles. The Labute approximate surface area is 75.2 Å². The Bertz CT molecular complexity index is 166. The Kier molecular flexibility index (Phi) is 2.16. The predicted octanol–water partition coefficient (Wildman–Crippen LogP) is 2.44. The first kappa shape index (κ1) is 8.55. The molecule has 1 nitrogen and oxygen atoms in total. The maximum atomic E-state index is 9.87. The highest BCUT2D eigenvalue weighted by Crippen LogP contribution is 2.48. The maximum absolute atomic E-state index is 9.87. The summed E-state index contributed by atoms with van der Waals surface area (Å²) in [7, 11) is 0. The van der Waals surface area contributed by atoms with Gasteiger partial charge < -0.3 is 5.11 Å². The molecule has 0 amide bonds. The standard InChI is InChI=1S/C11H20O/c1-7-4-6-10(12)11-8(2)3-5-9(7)11/h7-12H,3-6H2,1-2H3/t7-,8+,9-,10-,11-/m1/s1. The molecule has 1 heteroatoms. The van der Waals surface area contributed by atoms with Gasteiger partial charge in [-0.1, -0.05) is 20.3 Å². The van der Waals surface area contributed by atoms with Crippen molar-refractivity contribution in [1.82, 2.24) is 0 Å². The molecule has 0 unspecified atom stereocenters. The first-order valence-corrected chi connectivity index (χ1v) is 5.38. The smallest absolute Gasteiger partial charge is 0.0573 e. The van der Waals surface area contributed by atoms with Crippen molar-refractivity contribution in [1.29, 1.82) is 0 Å². The summed E-state index contributed by atoms with van der Waals surface area (Å²) in [6.07, 6.45) is 5.02. The zero-order valence-electron chi connectivity index (χ0n) is 8.16. The number of aliphatic hydroxyl groups excluding tert-OH is 1. The summed E-state index contributed by atoms with van der Waals surface area (Å²) in [5.41, 5.74) is 0. The Morgan fingerprint density at radius 3 is 2.25 bits per heavy atom. The third-order valence-electron chi connectivity index (χ3n) is 4.20. The molecule has 0 heterocycles. The van der Waals surface area contributed by atoms with Crippen LogP contribution in [0, 0.1) is 23.7 Å². The van der Waals surface area contributed by atoms with Gasteiger partial charge in [0.05, 0.1) is 6.10 Å². The second-order valence-electron chi connectivity index (χ2n) is 4.92. The third kappa shape index (κ3) is 1.19. The number of rotatable bonds is 0. The molecular weight excluding hydrogens is 148 g/mol. The maximum Gasteiger partial charge on any atom is 0.0573 e. The minimum Gasteiger partial charge on any atom is -0.393 e. The Morgan fingerprint density at radius 1 is 0.917 bits per heavy atom. The van der Waals surface area contributed by atoms with Crippen LogP contribution in [-0.2, 0) is 0 Å². The summed E-state index contributed by atoms with van der Waals surface area (Å²) in [5, 5.41) is 9.87. The molecule has 0 spiro atoms. The highest BCUT2D eigenvalue weighted by atomic mass is 16.3. The van der Waals surface area contributed by atoms with Crippen molar-refractivity contribution in [3.05, 3.63) is 0 Å². The van der Waals surface area contributed by atoms with Crippen molar-refractivity contribution in [3.8, 4) is 0 Å². The Balaban J connectivity index is 2.13. The van der Waals surface area contributed by atoms with E-state index in [2.05, 4.69) is 13.8 Å². The number of fused-ring (bicyclic) bond motifs is 1. The van der Waals surface area contributed by atoms with Gasteiger partial charge in [-0.3, -0.25) is 0 Å². The van der Waals surface area contributed by atoms with Crippen LogP contribution in [0.4, 0.5) is 0 Å². The molecule has 0 aliphatic heterocycles. The molecule has 2 aliphatic rings. The average molecular weight is 168 g/mol. The topological polar surface area (TPSA) is 20.2 Å². The van der Waals surface area contributed by atoms with Crippen LogP contribution in [0.15, 0.2) is 0 Å². The van der Waals surface area contributed by atoms with Gasteiger partial charge in [0, 0.05) is 0 Å². The molecule has 0 aromatic heterocycles. The molecule has 2 saturated carbocycles. The highest BCUT2D eigenvalue weighted by Gasteiger charge is 2.43. The van der Waals surface area contributed by atoms with E-state index in [0.29, 0.717) is 5.92 Å². The monoisotopic (exact) mass is 168 g/mol. The lowest BCUT2D eigenvalue weighted by Gasteiger charge is -2.37. The summed E-state index contributed by atoms with van der Waals surface area (Å²) in [4.78, 5) is 0. The quantitative estimate of drug-likeness (QED) is 0.589. The minimum atomic E-state index is 0.0173. The first-order valence-electron chi connectivity index (χ1n) is 5.38. The largest absolute Gasteiger partial charge is 0.393 e. The molecule has 5 atom stereocenters. The van der Waals surface area contributed by atoms with Gasteiger partial charge in [-0.05, 0) is 42.9 Å². The fourth-order valence-corrected chi connectivity index (χ4v) is 3.43. The van der Waals surface area contributed by atoms with Crippen molar-refractivity contribution in [2.45, 2.75) is 45.6 Å². The van der Waals surface area contributed by atoms with Crippen LogP contribution in [-0.4, -0.2) is 11.2 Å². The molecule has 2 aliphatic carbocycles. The SMILES string of the molecule is C[C@@H]1CC[C@@H](O)[C@H]2[C@@H]1CC[C@@H]2C. The average Bonchev–Trinajstić information content (AvgIpc) is 2.42. The summed E-state index contributed by atoms with van der Waals surface area (Å²) >= 11 is 0. The lowest BCUT2D eigenvalue weighted by molar-refractivity contribution is 0.00619. The molecule has 70 valence electrons. The van der Waals surface area contributed by atoms with Gasteiger partial charge in [-0.15, -0.1) is 0 Å². The zero-order chi connectivity index (χ0) is 8.72. The fraction of sp³-hybridized carbons (Fsp3) is 1.00. The number of hydrogen-bond donors (Lipinski definition) is 1. The Morgan fingerprint density at radius 2 is 1.58 bits per heavy atom. The van der Waals surface area contributed by atoms with Crippen molar-refractivity contribution in [3.63, 3.8) is 0 Å². The second kappa shape index (κ2) is 3.02. The van der Waals surface area contributed by atoms with Gasteiger partial charge in [0.15, 0.2) is 0 Å². The predicted molar refractivity (Wildman–Crippen MR) is 49.8 cm³/mol. The van der Waals surface area contributed by atoms with Crippen LogP contribution in [0.2, 0.25) is 0 Å². The van der Waals surface area contributed by atoms with Crippen LogP contribution in [0.3, 0.4) is 0 Å². The zero-order valence-corrected chi connectivity index (χ0v) is 8.16. The normalized spacial score (nSPS) is 53.8. The van der Waals surface area contributed by atoms with Crippen LogP contribution >= 0.6 is 0 Å². The molecule has 1 N–H and O–H groups in total. The van der Waals surface area contributed by atoms with E-state index in [9.17, 15) is 5.11 Å². The van der Waals surface area contributed by atoms with Crippen molar-refractivity contribution < 1.29 is 5.11 Å². The van der Waals surface area contributed by atoms with E-state index in [1.165, 1.54) is 19.3 Å². The van der Waals surface area contributed by atoms with Gasteiger partial charge in [0.25, 0.3) is 0 Å². The summed E-state index contributed by atoms with van der Waals surface area (Å²) in [5.74, 6) is 3.11. The van der Waals surface area contributed by atoms with E-state index in [1.807, 2.05) is 0 Å². The van der Waals surface area contributed by atoms with Gasteiger partial charge in [0.2, 0.25) is 0 Å². The van der Waals surface area contributed by atoms with E-state index >= 15 is 0 Å². The third-order valence-corrected chi connectivity index (χ3v) is 4.20. The van der Waals surface area contributed by atoms with E-state index in [1.54, 1.807) is 0 Å². The Hall–Kier alpha value is -0.0400. The summed E-state index contributed by atoms with van der Waals surface area (Å²) in [6.45, 7) is 4.67. The van der Waals surface area contributed by atoms with Gasteiger partial charge in [0.1, 0.15) is 0 Å². The van der Waals surface area contributed by atoms with Crippen LogP contribution in [0.5, 0.6) is 0 Å². The molecule has 0 aromatic carbocycles. The van der Waals surface area contributed by atoms with E-state index in [0.717, 1.165) is 24.2 Å². The van der Waals surface area contributed by atoms with Crippen LogP contribution in [0.1, 0.15) is 39.5 Å².